The van der Waals surface area contributed by atoms with E-state index >= 15 is 0 Å². The van der Waals surface area contributed by atoms with Crippen molar-refractivity contribution in [2.45, 2.75) is 37.5 Å². The van der Waals surface area contributed by atoms with E-state index in [0.717, 1.165) is 23.1 Å². The number of benzene rings is 1. The molecule has 2 heterocycles. The summed E-state index contributed by atoms with van der Waals surface area (Å²) >= 11 is 0. The predicted molar refractivity (Wildman–Crippen MR) is 86.1 cm³/mol. The normalized spacial score (nSPS) is 17.8. The number of nitrogens with zero attached hydrogens (tertiary/aromatic N) is 4. The van der Waals surface area contributed by atoms with Crippen molar-refractivity contribution in [3.05, 3.63) is 35.4 Å². The first kappa shape index (κ1) is 17.1. The van der Waals surface area contributed by atoms with Gasteiger partial charge in [-0.3, -0.25) is 4.90 Å². The zero-order valence-electron chi connectivity index (χ0n) is 14.5. The van der Waals surface area contributed by atoms with E-state index in [2.05, 4.69) is 10.1 Å². The van der Waals surface area contributed by atoms with E-state index in [9.17, 15) is 13.2 Å². The summed E-state index contributed by atoms with van der Waals surface area (Å²) in [6.45, 7) is -1.02. The number of hydrogen-bond donors (Lipinski definition) is 0. The van der Waals surface area contributed by atoms with Gasteiger partial charge >= 0.3 is 6.18 Å². The molecule has 1 fully saturated rings. The summed E-state index contributed by atoms with van der Waals surface area (Å²) in [4.78, 5) is 6.31. The number of rotatable bonds is 5. The molecule has 0 amide bonds. The summed E-state index contributed by atoms with van der Waals surface area (Å²) in [5.41, 5.74) is 0.775. The van der Waals surface area contributed by atoms with Crippen molar-refractivity contribution in [3.8, 4) is 11.5 Å². The molecule has 0 bridgehead atoms. The Hall–Kier alpha value is -2.29. The van der Waals surface area contributed by atoms with Gasteiger partial charge in [0.15, 0.2) is 17.3 Å². The highest BCUT2D eigenvalue weighted by atomic mass is 19.4. The van der Waals surface area contributed by atoms with E-state index in [4.69, 9.17) is 9.47 Å². The molecule has 26 heavy (non-hydrogen) atoms. The van der Waals surface area contributed by atoms with Crippen LogP contribution in [0.25, 0.3) is 0 Å². The van der Waals surface area contributed by atoms with Crippen molar-refractivity contribution < 1.29 is 22.6 Å². The Bertz CT molecular complexity index is 815. The molecule has 140 valence electrons. The van der Waals surface area contributed by atoms with Crippen LogP contribution in [0.3, 0.4) is 0 Å². The van der Waals surface area contributed by atoms with Crippen LogP contribution in [0.15, 0.2) is 18.2 Å². The molecule has 1 aromatic heterocycles. The van der Waals surface area contributed by atoms with E-state index in [0.29, 0.717) is 17.3 Å². The smallest absolute Gasteiger partial charge is 0.408 e. The first-order valence-corrected chi connectivity index (χ1v) is 8.39. The predicted octanol–water partition coefficient (Wildman–Crippen LogP) is 3.10. The molecule has 2 aromatic rings. The summed E-state index contributed by atoms with van der Waals surface area (Å²) in [6, 6.07) is 4.89. The second kappa shape index (κ2) is 6.15. The highest BCUT2D eigenvalue weighted by molar-refractivity contribution is 5.46. The summed E-state index contributed by atoms with van der Waals surface area (Å²) in [7, 11) is 3.61. The van der Waals surface area contributed by atoms with Crippen molar-refractivity contribution in [1.82, 2.24) is 19.7 Å². The van der Waals surface area contributed by atoms with Gasteiger partial charge in [-0.1, -0.05) is 6.07 Å². The van der Waals surface area contributed by atoms with E-state index in [1.165, 1.54) is 0 Å². The molecule has 1 aliphatic carbocycles. The quantitative estimate of drug-likeness (QED) is 0.812. The highest BCUT2D eigenvalue weighted by Crippen LogP contribution is 2.41. The minimum absolute atomic E-state index is 0.140. The molecule has 1 saturated carbocycles. The number of alkyl halides is 3. The van der Waals surface area contributed by atoms with E-state index in [1.54, 1.807) is 26.2 Å². The van der Waals surface area contributed by atoms with Gasteiger partial charge in [0.1, 0.15) is 12.4 Å². The Morgan fingerprint density at radius 1 is 1.23 bits per heavy atom. The number of ether oxygens (including phenoxy) is 2. The summed E-state index contributed by atoms with van der Waals surface area (Å²) < 4.78 is 50.9. The van der Waals surface area contributed by atoms with Crippen molar-refractivity contribution in [3.63, 3.8) is 0 Å². The Balaban J connectivity index is 1.76. The molecule has 9 heteroatoms. The maximum Gasteiger partial charge on any atom is 0.408 e. The number of hydrogen-bond acceptors (Lipinski definition) is 5. The van der Waals surface area contributed by atoms with Crippen LogP contribution in [0.1, 0.15) is 42.0 Å². The third-order valence-electron chi connectivity index (χ3n) is 4.46. The third-order valence-corrected chi connectivity index (χ3v) is 4.46. The van der Waals surface area contributed by atoms with E-state index < -0.39 is 18.8 Å². The first-order valence-electron chi connectivity index (χ1n) is 8.39. The summed E-state index contributed by atoms with van der Waals surface area (Å²) in [5, 5.41) is 4.16. The lowest BCUT2D eigenvalue weighted by molar-refractivity contribution is -0.143. The SMILES string of the molecule is CN(C)C(c1ccc2c(c1)OCO2)c1nc(C2CC2)nn1CC(F)(F)F. The fourth-order valence-electron chi connectivity index (χ4n) is 3.14. The molecule has 4 rings (SSSR count). The molecule has 1 aliphatic heterocycles. The molecule has 6 nitrogen and oxygen atoms in total. The van der Waals surface area contributed by atoms with Crippen molar-refractivity contribution in [1.29, 1.82) is 0 Å². The summed E-state index contributed by atoms with van der Waals surface area (Å²) in [6.07, 6.45) is -2.52. The minimum Gasteiger partial charge on any atom is -0.454 e. The van der Waals surface area contributed by atoms with Crippen LogP contribution in [0.5, 0.6) is 11.5 Å². The van der Waals surface area contributed by atoms with Crippen LogP contribution in [0.4, 0.5) is 13.2 Å². The van der Waals surface area contributed by atoms with Crippen LogP contribution in [-0.4, -0.2) is 46.7 Å². The van der Waals surface area contributed by atoms with Crippen LogP contribution >= 0.6 is 0 Å². The molecule has 1 aromatic carbocycles. The molecule has 0 radical (unpaired) electrons. The highest BCUT2D eigenvalue weighted by Gasteiger charge is 2.36. The van der Waals surface area contributed by atoms with Gasteiger partial charge in [0.2, 0.25) is 6.79 Å². The largest absolute Gasteiger partial charge is 0.454 e. The van der Waals surface area contributed by atoms with Gasteiger partial charge in [0, 0.05) is 5.92 Å². The number of halogens is 3. The molecule has 1 unspecified atom stereocenters. The lowest BCUT2D eigenvalue weighted by Crippen LogP contribution is -2.28. The molecule has 0 saturated heterocycles. The Labute approximate surface area is 148 Å². The zero-order valence-corrected chi connectivity index (χ0v) is 14.5. The molecule has 1 atom stereocenters. The maximum absolute atomic E-state index is 13.1. The van der Waals surface area contributed by atoms with Gasteiger partial charge in [-0.25, -0.2) is 9.67 Å². The van der Waals surface area contributed by atoms with Gasteiger partial charge < -0.3 is 9.47 Å². The molecular weight excluding hydrogens is 349 g/mol. The average molecular weight is 368 g/mol. The van der Waals surface area contributed by atoms with Crippen molar-refractivity contribution >= 4 is 0 Å². The molecule has 0 spiro atoms. The third kappa shape index (κ3) is 3.35. The van der Waals surface area contributed by atoms with Crippen LogP contribution in [0.2, 0.25) is 0 Å². The van der Waals surface area contributed by atoms with Crippen LogP contribution in [0, 0.1) is 0 Å². The number of fused-ring (bicyclic) bond motifs is 1. The number of aromatic nitrogens is 3. The Kier molecular flexibility index (Phi) is 4.06. The molecular formula is C17H19F3N4O2. The standard InChI is InChI=1S/C17H19F3N4O2/c1-23(2)14(11-5-6-12-13(7-11)26-9-25-12)16-21-15(10-3-4-10)22-24(16)8-17(18,19)20/h5-7,10,14H,3-4,8-9H2,1-2H3. The Morgan fingerprint density at radius 2 is 1.96 bits per heavy atom. The van der Waals surface area contributed by atoms with E-state index in [1.807, 2.05) is 11.0 Å². The van der Waals surface area contributed by atoms with Gasteiger partial charge in [0.05, 0.1) is 6.04 Å². The zero-order chi connectivity index (χ0) is 18.5. The fourth-order valence-corrected chi connectivity index (χ4v) is 3.14. The van der Waals surface area contributed by atoms with Gasteiger partial charge in [-0.05, 0) is 44.6 Å². The lowest BCUT2D eigenvalue weighted by Gasteiger charge is -2.25. The minimum atomic E-state index is -4.37. The lowest BCUT2D eigenvalue weighted by atomic mass is 10.0. The second-order valence-electron chi connectivity index (χ2n) is 6.85. The van der Waals surface area contributed by atoms with Gasteiger partial charge in [-0.2, -0.15) is 18.3 Å². The first-order chi connectivity index (χ1) is 12.3. The topological polar surface area (TPSA) is 52.4 Å². The second-order valence-corrected chi connectivity index (χ2v) is 6.85. The monoisotopic (exact) mass is 368 g/mol. The molecule has 0 N–H and O–H groups in total. The van der Waals surface area contributed by atoms with Crippen LogP contribution < -0.4 is 9.47 Å². The van der Waals surface area contributed by atoms with Gasteiger partial charge in [-0.15, -0.1) is 0 Å². The van der Waals surface area contributed by atoms with Crippen molar-refractivity contribution in [2.75, 3.05) is 20.9 Å². The Morgan fingerprint density at radius 3 is 2.62 bits per heavy atom. The fraction of sp³-hybridized carbons (Fsp3) is 0.529. The van der Waals surface area contributed by atoms with Crippen molar-refractivity contribution in [2.24, 2.45) is 0 Å². The molecule has 2 aliphatic rings. The summed E-state index contributed by atoms with van der Waals surface area (Å²) in [5.74, 6) is 2.16. The van der Waals surface area contributed by atoms with Gasteiger partial charge in [0.25, 0.3) is 0 Å². The van der Waals surface area contributed by atoms with Crippen LogP contribution in [-0.2, 0) is 6.54 Å². The maximum atomic E-state index is 13.1. The average Bonchev–Trinajstić information content (AvgIpc) is 3.16. The van der Waals surface area contributed by atoms with E-state index in [-0.39, 0.29) is 18.5 Å².